The molecular formula is C27H29N3O4. The number of carboxylic acids is 1. The number of nitrogens with one attached hydrogen (secondary N) is 1. The molecule has 1 unspecified atom stereocenters. The highest BCUT2D eigenvalue weighted by Gasteiger charge is 2.30. The average molecular weight is 460 g/mol. The number of aliphatic carboxylic acids is 1. The van der Waals surface area contributed by atoms with Gasteiger partial charge in [0.15, 0.2) is 0 Å². The lowest BCUT2D eigenvalue weighted by atomic mass is 10.1. The van der Waals surface area contributed by atoms with E-state index in [1.807, 2.05) is 72.8 Å². The SMILES string of the molecule is NCc1ccc(OCc2ccc3c(c2)NC(CC(=O)O)C(=O)N(CCc2ccccc2)C3)cc1. The van der Waals surface area contributed by atoms with Crippen LogP contribution >= 0.6 is 0 Å². The minimum absolute atomic E-state index is 0.202. The molecule has 1 atom stereocenters. The van der Waals surface area contributed by atoms with E-state index in [0.29, 0.717) is 32.7 Å². The standard InChI is InChI=1S/C27H29N3O4/c28-16-20-7-10-23(11-8-20)34-18-21-6-9-22-17-30(13-12-19-4-2-1-3-5-19)27(33)25(15-26(31)32)29-24(22)14-21/h1-11,14,25,29H,12-13,15-18,28H2,(H,31,32). The Morgan fingerprint density at radius 3 is 2.47 bits per heavy atom. The number of hydrogen-bond acceptors (Lipinski definition) is 5. The monoisotopic (exact) mass is 459 g/mol. The molecule has 1 heterocycles. The highest BCUT2D eigenvalue weighted by Crippen LogP contribution is 2.26. The van der Waals surface area contributed by atoms with Crippen LogP contribution in [0, 0.1) is 0 Å². The van der Waals surface area contributed by atoms with E-state index in [1.54, 1.807) is 4.90 Å². The molecule has 0 radical (unpaired) electrons. The molecule has 7 nitrogen and oxygen atoms in total. The molecule has 0 saturated carbocycles. The van der Waals surface area contributed by atoms with Crippen molar-refractivity contribution >= 4 is 17.6 Å². The van der Waals surface area contributed by atoms with E-state index in [4.69, 9.17) is 10.5 Å². The molecule has 3 aromatic rings. The summed E-state index contributed by atoms with van der Waals surface area (Å²) in [4.78, 5) is 26.4. The van der Waals surface area contributed by atoms with Crippen LogP contribution in [0.5, 0.6) is 5.75 Å². The van der Waals surface area contributed by atoms with Gasteiger partial charge < -0.3 is 25.8 Å². The van der Waals surface area contributed by atoms with Gasteiger partial charge >= 0.3 is 5.97 Å². The number of anilines is 1. The molecule has 1 aliphatic heterocycles. The summed E-state index contributed by atoms with van der Waals surface area (Å²) < 4.78 is 5.89. The smallest absolute Gasteiger partial charge is 0.305 e. The molecular weight excluding hydrogens is 430 g/mol. The minimum Gasteiger partial charge on any atom is -0.489 e. The van der Waals surface area contributed by atoms with Gasteiger partial charge in [0.1, 0.15) is 18.4 Å². The van der Waals surface area contributed by atoms with Crippen molar-refractivity contribution in [2.45, 2.75) is 38.6 Å². The summed E-state index contributed by atoms with van der Waals surface area (Å²) in [6.07, 6.45) is 0.422. The third-order valence-electron chi connectivity index (χ3n) is 5.93. The molecule has 0 aromatic heterocycles. The normalized spacial score (nSPS) is 15.3. The van der Waals surface area contributed by atoms with Gasteiger partial charge in [-0.25, -0.2) is 0 Å². The second-order valence-corrected chi connectivity index (χ2v) is 8.42. The number of ether oxygens (including phenoxy) is 1. The van der Waals surface area contributed by atoms with Crippen LogP contribution in [0.1, 0.15) is 28.7 Å². The summed E-state index contributed by atoms with van der Waals surface area (Å²) >= 11 is 0. The lowest BCUT2D eigenvalue weighted by molar-refractivity contribution is -0.141. The van der Waals surface area contributed by atoms with Gasteiger partial charge in [0.2, 0.25) is 5.91 Å². The van der Waals surface area contributed by atoms with Crippen LogP contribution in [-0.2, 0) is 35.7 Å². The number of nitrogens with zero attached hydrogens (tertiary/aromatic N) is 1. The zero-order valence-corrected chi connectivity index (χ0v) is 18.9. The molecule has 3 aromatic carbocycles. The van der Waals surface area contributed by atoms with E-state index in [1.165, 1.54) is 0 Å². The molecule has 176 valence electrons. The van der Waals surface area contributed by atoms with Gasteiger partial charge in [-0.3, -0.25) is 9.59 Å². The maximum Gasteiger partial charge on any atom is 0.305 e. The van der Waals surface area contributed by atoms with Gasteiger partial charge in [-0.1, -0.05) is 54.6 Å². The largest absolute Gasteiger partial charge is 0.489 e. The van der Waals surface area contributed by atoms with Crippen molar-refractivity contribution in [3.63, 3.8) is 0 Å². The third-order valence-corrected chi connectivity index (χ3v) is 5.93. The first-order chi connectivity index (χ1) is 16.5. The van der Waals surface area contributed by atoms with Crippen molar-refractivity contribution in [1.29, 1.82) is 0 Å². The van der Waals surface area contributed by atoms with Crippen molar-refractivity contribution in [3.05, 3.63) is 95.1 Å². The Morgan fingerprint density at radius 1 is 1.03 bits per heavy atom. The molecule has 0 aliphatic carbocycles. The molecule has 0 bridgehead atoms. The quantitative estimate of drug-likeness (QED) is 0.452. The predicted molar refractivity (Wildman–Crippen MR) is 130 cm³/mol. The van der Waals surface area contributed by atoms with Crippen LogP contribution in [0.2, 0.25) is 0 Å². The van der Waals surface area contributed by atoms with Crippen LogP contribution in [0.25, 0.3) is 0 Å². The Kier molecular flexibility index (Phi) is 7.44. The predicted octanol–water partition coefficient (Wildman–Crippen LogP) is 3.56. The molecule has 1 aliphatic rings. The van der Waals surface area contributed by atoms with Crippen molar-refractivity contribution in [2.24, 2.45) is 5.73 Å². The first-order valence-electron chi connectivity index (χ1n) is 11.4. The summed E-state index contributed by atoms with van der Waals surface area (Å²) in [5, 5.41) is 12.6. The van der Waals surface area contributed by atoms with Crippen LogP contribution in [0.4, 0.5) is 5.69 Å². The Labute approximate surface area is 199 Å². The summed E-state index contributed by atoms with van der Waals surface area (Å²) in [5.41, 5.74) is 10.4. The van der Waals surface area contributed by atoms with E-state index >= 15 is 0 Å². The fourth-order valence-electron chi connectivity index (χ4n) is 4.04. The fourth-order valence-corrected chi connectivity index (χ4v) is 4.04. The van der Waals surface area contributed by atoms with E-state index in [-0.39, 0.29) is 12.3 Å². The van der Waals surface area contributed by atoms with Gasteiger partial charge in [-0.05, 0) is 46.9 Å². The maximum atomic E-state index is 13.2. The third kappa shape index (κ3) is 5.94. The lowest BCUT2D eigenvalue weighted by Gasteiger charge is -2.24. The number of carboxylic acid groups (broad SMARTS) is 1. The zero-order valence-electron chi connectivity index (χ0n) is 18.9. The van der Waals surface area contributed by atoms with E-state index < -0.39 is 12.0 Å². The Morgan fingerprint density at radius 2 is 1.76 bits per heavy atom. The number of rotatable bonds is 9. The Bertz CT molecular complexity index is 1130. The Balaban J connectivity index is 1.50. The van der Waals surface area contributed by atoms with Crippen LogP contribution < -0.4 is 15.8 Å². The summed E-state index contributed by atoms with van der Waals surface area (Å²) in [6.45, 7) is 1.77. The zero-order chi connectivity index (χ0) is 23.9. The molecule has 0 spiro atoms. The second kappa shape index (κ2) is 10.9. The van der Waals surface area contributed by atoms with Crippen LogP contribution in [0.15, 0.2) is 72.8 Å². The summed E-state index contributed by atoms with van der Waals surface area (Å²) in [5.74, 6) is -0.476. The van der Waals surface area contributed by atoms with Crippen molar-refractivity contribution in [3.8, 4) is 5.75 Å². The minimum atomic E-state index is -1.02. The number of carbonyl (C=O) groups is 2. The topological polar surface area (TPSA) is 105 Å². The Hall–Kier alpha value is -3.84. The molecule has 4 rings (SSSR count). The summed E-state index contributed by atoms with van der Waals surface area (Å²) in [7, 11) is 0. The average Bonchev–Trinajstić information content (AvgIpc) is 2.98. The van der Waals surface area contributed by atoms with Crippen molar-refractivity contribution < 1.29 is 19.4 Å². The summed E-state index contributed by atoms with van der Waals surface area (Å²) in [6, 6.07) is 22.7. The number of hydrogen-bond donors (Lipinski definition) is 3. The van der Waals surface area contributed by atoms with Gasteiger partial charge in [0, 0.05) is 25.3 Å². The lowest BCUT2D eigenvalue weighted by Crippen LogP contribution is -2.42. The van der Waals surface area contributed by atoms with E-state index in [2.05, 4.69) is 5.32 Å². The molecule has 1 amide bonds. The van der Waals surface area contributed by atoms with E-state index in [0.717, 1.165) is 33.7 Å². The van der Waals surface area contributed by atoms with Gasteiger partial charge in [0.25, 0.3) is 0 Å². The van der Waals surface area contributed by atoms with Gasteiger partial charge in [-0.2, -0.15) is 0 Å². The number of carbonyl (C=O) groups excluding carboxylic acids is 1. The first-order valence-corrected chi connectivity index (χ1v) is 11.4. The maximum absolute atomic E-state index is 13.2. The molecule has 7 heteroatoms. The number of fused-ring (bicyclic) bond motifs is 1. The van der Waals surface area contributed by atoms with E-state index in [9.17, 15) is 14.7 Å². The fraction of sp³-hybridized carbons (Fsp3) is 0.259. The highest BCUT2D eigenvalue weighted by molar-refractivity contribution is 5.90. The van der Waals surface area contributed by atoms with Crippen molar-refractivity contribution in [1.82, 2.24) is 4.90 Å². The number of nitrogens with two attached hydrogens (primary N) is 1. The van der Waals surface area contributed by atoms with Crippen LogP contribution in [-0.4, -0.2) is 34.5 Å². The first kappa shape index (κ1) is 23.3. The van der Waals surface area contributed by atoms with Crippen molar-refractivity contribution in [2.75, 3.05) is 11.9 Å². The highest BCUT2D eigenvalue weighted by atomic mass is 16.5. The van der Waals surface area contributed by atoms with Crippen LogP contribution in [0.3, 0.4) is 0 Å². The number of benzene rings is 3. The number of amides is 1. The van der Waals surface area contributed by atoms with Gasteiger partial charge in [-0.15, -0.1) is 0 Å². The second-order valence-electron chi connectivity index (χ2n) is 8.42. The molecule has 0 fully saturated rings. The van der Waals surface area contributed by atoms with Gasteiger partial charge in [0.05, 0.1) is 6.42 Å². The molecule has 34 heavy (non-hydrogen) atoms. The molecule has 4 N–H and O–H groups in total. The molecule has 0 saturated heterocycles.